The highest BCUT2D eigenvalue weighted by molar-refractivity contribution is 5.85. The minimum Gasteiger partial charge on any atom is -0.354 e. The van der Waals surface area contributed by atoms with E-state index in [-0.39, 0.29) is 23.3 Å². The predicted octanol–water partition coefficient (Wildman–Crippen LogP) is 3.16. The highest BCUT2D eigenvalue weighted by atomic mass is 16.2. The van der Waals surface area contributed by atoms with E-state index in [2.05, 4.69) is 41.4 Å². The zero-order valence-corrected chi connectivity index (χ0v) is 15.5. The molecule has 25 heavy (non-hydrogen) atoms. The quantitative estimate of drug-likeness (QED) is 0.894. The molecule has 3 rings (SSSR count). The molecule has 0 aromatic heterocycles. The van der Waals surface area contributed by atoms with Gasteiger partial charge in [0.15, 0.2) is 0 Å². The zero-order chi connectivity index (χ0) is 17.9. The molecule has 0 unspecified atom stereocenters. The van der Waals surface area contributed by atoms with Gasteiger partial charge in [-0.2, -0.15) is 0 Å². The Morgan fingerprint density at radius 3 is 2.80 bits per heavy atom. The van der Waals surface area contributed by atoms with E-state index in [4.69, 9.17) is 0 Å². The molecular weight excluding hydrogens is 312 g/mol. The average molecular weight is 342 g/mol. The summed E-state index contributed by atoms with van der Waals surface area (Å²) < 4.78 is 0. The van der Waals surface area contributed by atoms with Gasteiger partial charge in [0.2, 0.25) is 5.91 Å². The van der Waals surface area contributed by atoms with Gasteiger partial charge >= 0.3 is 0 Å². The second kappa shape index (κ2) is 7.69. The van der Waals surface area contributed by atoms with Crippen molar-refractivity contribution >= 4 is 11.7 Å². The first kappa shape index (κ1) is 18.1. The number of hydrogen-bond acceptors (Lipinski definition) is 3. The molecule has 2 aliphatic rings. The lowest BCUT2D eigenvalue weighted by Gasteiger charge is -2.36. The van der Waals surface area contributed by atoms with Crippen LogP contribution in [0.2, 0.25) is 0 Å². The van der Waals surface area contributed by atoms with Crippen LogP contribution in [-0.2, 0) is 16.1 Å². The van der Waals surface area contributed by atoms with E-state index in [9.17, 15) is 9.59 Å². The number of rotatable bonds is 5. The summed E-state index contributed by atoms with van der Waals surface area (Å²) in [6.45, 7) is 6.99. The van der Waals surface area contributed by atoms with Gasteiger partial charge in [0.1, 0.15) is 5.78 Å². The predicted molar refractivity (Wildman–Crippen MR) is 99.0 cm³/mol. The first-order valence-corrected chi connectivity index (χ1v) is 9.56. The zero-order valence-electron chi connectivity index (χ0n) is 15.5. The van der Waals surface area contributed by atoms with Crippen molar-refractivity contribution in [3.05, 3.63) is 35.9 Å². The molecule has 1 aromatic carbocycles. The minimum atomic E-state index is -0.00900. The molecule has 1 amide bonds. The Bertz CT molecular complexity index is 616. The van der Waals surface area contributed by atoms with Gasteiger partial charge in [-0.3, -0.25) is 14.5 Å². The Labute approximate surface area is 151 Å². The number of ketones is 1. The molecule has 136 valence electrons. The summed E-state index contributed by atoms with van der Waals surface area (Å²) in [5.41, 5.74) is 1.33. The number of Topliss-reactive ketones (excluding diaryl/α,β-unsaturated/α-hetero) is 1. The van der Waals surface area contributed by atoms with E-state index in [0.717, 1.165) is 19.5 Å². The number of likely N-dealkylation sites (tertiary alicyclic amines) is 1. The van der Waals surface area contributed by atoms with E-state index >= 15 is 0 Å². The van der Waals surface area contributed by atoms with Crippen molar-refractivity contribution in [1.29, 1.82) is 0 Å². The van der Waals surface area contributed by atoms with E-state index in [1.54, 1.807) is 0 Å². The second-order valence-corrected chi connectivity index (χ2v) is 8.09. The van der Waals surface area contributed by atoms with Crippen LogP contribution in [0.1, 0.15) is 51.5 Å². The number of benzene rings is 1. The van der Waals surface area contributed by atoms with Gasteiger partial charge in [-0.1, -0.05) is 37.3 Å². The Morgan fingerprint density at radius 2 is 2.08 bits per heavy atom. The maximum atomic E-state index is 12.6. The summed E-state index contributed by atoms with van der Waals surface area (Å²) >= 11 is 0. The van der Waals surface area contributed by atoms with E-state index in [0.29, 0.717) is 31.6 Å². The van der Waals surface area contributed by atoms with Gasteiger partial charge in [-0.25, -0.2) is 0 Å². The number of carbonyl (C=O) groups excluding carboxylic acids is 2. The molecule has 1 N–H and O–H groups in total. The molecule has 1 aliphatic heterocycles. The highest BCUT2D eigenvalue weighted by Gasteiger charge is 2.38. The van der Waals surface area contributed by atoms with E-state index < -0.39 is 0 Å². The van der Waals surface area contributed by atoms with Crippen LogP contribution in [0.4, 0.5) is 0 Å². The van der Waals surface area contributed by atoms with Crippen LogP contribution in [0.5, 0.6) is 0 Å². The van der Waals surface area contributed by atoms with Crippen LogP contribution in [0.3, 0.4) is 0 Å². The number of nitrogens with zero attached hydrogens (tertiary/aromatic N) is 1. The largest absolute Gasteiger partial charge is 0.354 e. The molecule has 4 nitrogen and oxygen atoms in total. The summed E-state index contributed by atoms with van der Waals surface area (Å²) in [6.07, 6.45) is 4.10. The van der Waals surface area contributed by atoms with Crippen LogP contribution in [0.15, 0.2) is 30.3 Å². The maximum Gasteiger partial charge on any atom is 0.223 e. The van der Waals surface area contributed by atoms with Gasteiger partial charge in [0.25, 0.3) is 0 Å². The van der Waals surface area contributed by atoms with Gasteiger partial charge in [0.05, 0.1) is 0 Å². The number of nitrogens with one attached hydrogen (secondary N) is 1. The fourth-order valence-electron chi connectivity index (χ4n) is 4.36. The topological polar surface area (TPSA) is 49.4 Å². The molecule has 0 bridgehead atoms. The SMILES string of the molecule is C[C@@H]1CC(=O)CC[C@H]1C(=O)NC[C@]1(C)CCCN1Cc1ccccc1. The van der Waals surface area contributed by atoms with Crippen LogP contribution in [0, 0.1) is 11.8 Å². The standard InChI is InChI=1S/C21H30N2O2/c1-16-13-18(24)9-10-19(16)20(25)22-15-21(2)11-6-12-23(21)14-17-7-4-3-5-8-17/h3-5,7-8,16,19H,6,9-15H2,1-2H3,(H,22,25)/t16-,19-,21+/m1/s1. The first-order chi connectivity index (χ1) is 12.0. The molecule has 3 atom stereocenters. The van der Waals surface area contributed by atoms with Gasteiger partial charge < -0.3 is 5.32 Å². The number of carbonyl (C=O) groups is 2. The molecule has 4 heteroatoms. The molecule has 0 spiro atoms. The number of amides is 1. The third kappa shape index (κ3) is 4.30. The number of hydrogen-bond donors (Lipinski definition) is 1. The van der Waals surface area contributed by atoms with Gasteiger partial charge in [-0.15, -0.1) is 0 Å². The maximum absolute atomic E-state index is 12.6. The minimum absolute atomic E-state index is 0.00900. The van der Waals surface area contributed by atoms with Crippen molar-refractivity contribution in [3.8, 4) is 0 Å². The van der Waals surface area contributed by atoms with Crippen molar-refractivity contribution < 1.29 is 9.59 Å². The smallest absolute Gasteiger partial charge is 0.223 e. The molecule has 1 aromatic rings. The lowest BCUT2D eigenvalue weighted by atomic mass is 9.79. The summed E-state index contributed by atoms with van der Waals surface area (Å²) in [5.74, 6) is 0.587. The molecule has 2 fully saturated rings. The van der Waals surface area contributed by atoms with Crippen LogP contribution < -0.4 is 5.32 Å². The van der Waals surface area contributed by atoms with Crippen molar-refractivity contribution in [2.75, 3.05) is 13.1 Å². The lowest BCUT2D eigenvalue weighted by Crippen LogP contribution is -2.51. The molecule has 1 saturated carbocycles. The molecular formula is C21H30N2O2. The third-order valence-corrected chi connectivity index (χ3v) is 6.07. The normalized spacial score (nSPS) is 30.4. The van der Waals surface area contributed by atoms with Crippen LogP contribution >= 0.6 is 0 Å². The third-order valence-electron chi connectivity index (χ3n) is 6.07. The Morgan fingerprint density at radius 1 is 1.32 bits per heavy atom. The van der Waals surface area contributed by atoms with Crippen LogP contribution in [-0.4, -0.2) is 35.2 Å². The Hall–Kier alpha value is -1.68. The molecule has 1 aliphatic carbocycles. The van der Waals surface area contributed by atoms with Crippen molar-refractivity contribution in [2.45, 2.75) is 58.0 Å². The Kier molecular flexibility index (Phi) is 5.57. The van der Waals surface area contributed by atoms with Crippen LogP contribution in [0.25, 0.3) is 0 Å². The second-order valence-electron chi connectivity index (χ2n) is 8.09. The summed E-state index contributed by atoms with van der Waals surface area (Å²) in [6, 6.07) is 10.5. The van der Waals surface area contributed by atoms with Crippen molar-refractivity contribution in [2.24, 2.45) is 11.8 Å². The van der Waals surface area contributed by atoms with Crippen molar-refractivity contribution in [1.82, 2.24) is 10.2 Å². The van der Waals surface area contributed by atoms with Gasteiger partial charge in [0, 0.05) is 37.4 Å². The summed E-state index contributed by atoms with van der Waals surface area (Å²) in [4.78, 5) is 26.7. The Balaban J connectivity index is 1.57. The first-order valence-electron chi connectivity index (χ1n) is 9.56. The summed E-state index contributed by atoms with van der Waals surface area (Å²) in [5, 5.41) is 3.20. The molecule has 1 heterocycles. The van der Waals surface area contributed by atoms with Crippen molar-refractivity contribution in [3.63, 3.8) is 0 Å². The lowest BCUT2D eigenvalue weighted by molar-refractivity contribution is -0.131. The molecule has 0 radical (unpaired) electrons. The van der Waals surface area contributed by atoms with E-state index in [1.807, 2.05) is 13.0 Å². The fraction of sp³-hybridized carbons (Fsp3) is 0.619. The summed E-state index contributed by atoms with van der Waals surface area (Å²) in [7, 11) is 0. The monoisotopic (exact) mass is 342 g/mol. The van der Waals surface area contributed by atoms with E-state index in [1.165, 1.54) is 12.0 Å². The highest BCUT2D eigenvalue weighted by Crippen LogP contribution is 2.31. The molecule has 1 saturated heterocycles. The van der Waals surface area contributed by atoms with Gasteiger partial charge in [-0.05, 0) is 44.2 Å². The average Bonchev–Trinajstić information content (AvgIpc) is 2.95. The fourth-order valence-corrected chi connectivity index (χ4v) is 4.36.